The smallest absolute Gasteiger partial charge is 0.0641 e. The molecule has 0 aliphatic heterocycles. The first kappa shape index (κ1) is 32.0. The zero-order valence-electron chi connectivity index (χ0n) is 29.8. The number of hydrogen-bond acceptors (Lipinski definition) is 3. The summed E-state index contributed by atoms with van der Waals surface area (Å²) >= 11 is 3.75. The van der Waals surface area contributed by atoms with Crippen molar-refractivity contribution < 1.29 is 0 Å². The molecule has 9 aromatic carbocycles. The van der Waals surface area contributed by atoms with Crippen molar-refractivity contribution >= 4 is 90.9 Å². The highest BCUT2D eigenvalue weighted by atomic mass is 32.1. The fraction of sp³-hybridized carbons (Fsp3) is 0. The van der Waals surface area contributed by atoms with E-state index in [0.29, 0.717) is 0 Å². The molecule has 55 heavy (non-hydrogen) atoms. The lowest BCUT2D eigenvalue weighted by molar-refractivity contribution is 1.32. The molecule has 0 saturated heterocycles. The van der Waals surface area contributed by atoms with Gasteiger partial charge in [-0.05, 0) is 81.2 Å². The fourth-order valence-corrected chi connectivity index (χ4v) is 10.8. The third kappa shape index (κ3) is 5.27. The van der Waals surface area contributed by atoms with Crippen LogP contribution in [0.5, 0.6) is 0 Å². The lowest BCUT2D eigenvalue weighted by atomic mass is 9.95. The number of nitrogens with zero attached hydrogens (tertiary/aromatic N) is 1. The van der Waals surface area contributed by atoms with E-state index in [-0.39, 0.29) is 0 Å². The second-order valence-corrected chi connectivity index (χ2v) is 16.1. The predicted octanol–water partition coefficient (Wildman–Crippen LogP) is 16.0. The molecule has 0 N–H and O–H groups in total. The Hall–Kier alpha value is -6.52. The van der Waals surface area contributed by atoms with Gasteiger partial charge in [0.15, 0.2) is 0 Å². The Bertz CT molecular complexity index is 3190. The molecule has 0 atom stereocenters. The van der Waals surface area contributed by atoms with Crippen molar-refractivity contribution in [2.24, 2.45) is 0 Å². The van der Waals surface area contributed by atoms with E-state index in [2.05, 4.69) is 205 Å². The molecule has 0 spiro atoms. The van der Waals surface area contributed by atoms with Gasteiger partial charge >= 0.3 is 0 Å². The van der Waals surface area contributed by atoms with Crippen molar-refractivity contribution in [2.75, 3.05) is 4.90 Å². The lowest BCUT2D eigenvalue weighted by Crippen LogP contribution is -2.11. The van der Waals surface area contributed by atoms with Gasteiger partial charge in [0.1, 0.15) is 0 Å². The third-order valence-electron chi connectivity index (χ3n) is 10.9. The van der Waals surface area contributed by atoms with Crippen molar-refractivity contribution in [2.45, 2.75) is 0 Å². The number of rotatable bonds is 6. The van der Waals surface area contributed by atoms with Crippen LogP contribution in [0, 0.1) is 0 Å². The quantitative estimate of drug-likeness (QED) is 0.164. The van der Waals surface area contributed by atoms with Gasteiger partial charge in [0.2, 0.25) is 0 Å². The first-order valence-electron chi connectivity index (χ1n) is 18.7. The van der Waals surface area contributed by atoms with E-state index in [1.54, 1.807) is 0 Å². The molecule has 0 fully saturated rings. The van der Waals surface area contributed by atoms with Crippen LogP contribution in [0.3, 0.4) is 0 Å². The van der Waals surface area contributed by atoms with Crippen LogP contribution < -0.4 is 4.90 Å². The lowest BCUT2D eigenvalue weighted by Gasteiger charge is -2.28. The SMILES string of the molecule is c1ccc(-c2ccc(N(c3ccc(-c4cccc5sc6ccccc6c45)cc3)c3ccc(-c4ccccc4)c4c3sc3ccccc34)c3ccccc23)cc1. The Morgan fingerprint density at radius 3 is 1.53 bits per heavy atom. The Morgan fingerprint density at radius 1 is 0.291 bits per heavy atom. The molecule has 11 aromatic rings. The minimum absolute atomic E-state index is 1.12. The number of fused-ring (bicyclic) bond motifs is 7. The second-order valence-electron chi connectivity index (χ2n) is 14.0. The van der Waals surface area contributed by atoms with Gasteiger partial charge in [-0.3, -0.25) is 0 Å². The predicted molar refractivity (Wildman–Crippen MR) is 241 cm³/mol. The summed E-state index contributed by atoms with van der Waals surface area (Å²) in [5.74, 6) is 0. The molecular formula is C52H33NS2. The zero-order chi connectivity index (χ0) is 36.3. The summed E-state index contributed by atoms with van der Waals surface area (Å²) in [6.07, 6.45) is 0. The van der Waals surface area contributed by atoms with Crippen LogP contribution in [0.2, 0.25) is 0 Å². The van der Waals surface area contributed by atoms with Gasteiger partial charge in [-0.2, -0.15) is 0 Å². The van der Waals surface area contributed by atoms with E-state index in [9.17, 15) is 0 Å². The Balaban J connectivity index is 1.16. The topological polar surface area (TPSA) is 3.24 Å². The van der Waals surface area contributed by atoms with Crippen molar-refractivity contribution in [3.05, 3.63) is 200 Å². The maximum absolute atomic E-state index is 2.49. The van der Waals surface area contributed by atoms with Gasteiger partial charge < -0.3 is 4.90 Å². The van der Waals surface area contributed by atoms with Crippen LogP contribution >= 0.6 is 22.7 Å². The van der Waals surface area contributed by atoms with Crippen molar-refractivity contribution in [1.82, 2.24) is 0 Å². The van der Waals surface area contributed by atoms with E-state index in [1.807, 2.05) is 22.7 Å². The van der Waals surface area contributed by atoms with Gasteiger partial charge in [-0.1, -0.05) is 158 Å². The molecule has 0 radical (unpaired) electrons. The van der Waals surface area contributed by atoms with Gasteiger partial charge in [0, 0.05) is 46.7 Å². The van der Waals surface area contributed by atoms with Crippen molar-refractivity contribution in [1.29, 1.82) is 0 Å². The highest BCUT2D eigenvalue weighted by molar-refractivity contribution is 7.26. The summed E-state index contributed by atoms with van der Waals surface area (Å²) in [6, 6.07) is 73.3. The van der Waals surface area contributed by atoms with E-state index in [1.165, 1.54) is 90.2 Å². The average Bonchev–Trinajstić information content (AvgIpc) is 3.84. The average molecular weight is 736 g/mol. The van der Waals surface area contributed by atoms with Crippen molar-refractivity contribution in [3.63, 3.8) is 0 Å². The summed E-state index contributed by atoms with van der Waals surface area (Å²) < 4.78 is 5.21. The zero-order valence-corrected chi connectivity index (χ0v) is 31.4. The van der Waals surface area contributed by atoms with Crippen molar-refractivity contribution in [3.8, 4) is 33.4 Å². The summed E-state index contributed by atoms with van der Waals surface area (Å²) in [7, 11) is 0. The van der Waals surface area contributed by atoms with Gasteiger partial charge in [0.05, 0.1) is 16.1 Å². The summed E-state index contributed by atoms with van der Waals surface area (Å²) in [6.45, 7) is 0. The second kappa shape index (κ2) is 13.1. The summed E-state index contributed by atoms with van der Waals surface area (Å²) in [5.41, 5.74) is 10.9. The number of thiophene rings is 2. The van der Waals surface area contributed by atoms with Gasteiger partial charge in [0.25, 0.3) is 0 Å². The highest BCUT2D eigenvalue weighted by Gasteiger charge is 2.23. The Kier molecular flexibility index (Phi) is 7.61. The molecule has 0 saturated carbocycles. The van der Waals surface area contributed by atoms with E-state index in [0.717, 1.165) is 11.4 Å². The minimum atomic E-state index is 1.12. The van der Waals surface area contributed by atoms with Crippen LogP contribution in [0.15, 0.2) is 200 Å². The molecule has 2 heterocycles. The van der Waals surface area contributed by atoms with Gasteiger partial charge in [-0.15, -0.1) is 22.7 Å². The van der Waals surface area contributed by atoms with Crippen LogP contribution in [-0.2, 0) is 0 Å². The summed E-state index contributed by atoms with van der Waals surface area (Å²) in [4.78, 5) is 2.49. The monoisotopic (exact) mass is 735 g/mol. The number of anilines is 3. The molecule has 1 nitrogen and oxygen atoms in total. The molecule has 258 valence electrons. The number of hydrogen-bond donors (Lipinski definition) is 0. The Morgan fingerprint density at radius 2 is 0.800 bits per heavy atom. The molecule has 0 amide bonds. The maximum Gasteiger partial charge on any atom is 0.0641 e. The largest absolute Gasteiger partial charge is 0.308 e. The molecular weight excluding hydrogens is 703 g/mol. The first-order chi connectivity index (χ1) is 27.3. The van der Waals surface area contributed by atoms with Crippen LogP contribution in [0.1, 0.15) is 0 Å². The van der Waals surface area contributed by atoms with Crippen LogP contribution in [-0.4, -0.2) is 0 Å². The van der Waals surface area contributed by atoms with E-state index < -0.39 is 0 Å². The molecule has 0 aliphatic rings. The van der Waals surface area contributed by atoms with E-state index >= 15 is 0 Å². The molecule has 3 heteroatoms. The Labute approximate surface area is 327 Å². The molecule has 2 aromatic heterocycles. The molecule has 0 unspecified atom stereocenters. The molecule has 11 rings (SSSR count). The third-order valence-corrected chi connectivity index (χ3v) is 13.2. The number of benzene rings is 9. The minimum Gasteiger partial charge on any atom is -0.308 e. The highest BCUT2D eigenvalue weighted by Crippen LogP contribution is 2.50. The molecule has 0 aliphatic carbocycles. The molecule has 0 bridgehead atoms. The van der Waals surface area contributed by atoms with E-state index in [4.69, 9.17) is 0 Å². The summed E-state index contributed by atoms with van der Waals surface area (Å²) in [5, 5.41) is 7.69. The van der Waals surface area contributed by atoms with Gasteiger partial charge in [-0.25, -0.2) is 0 Å². The maximum atomic E-state index is 2.49. The normalized spacial score (nSPS) is 11.6. The standard InChI is InChI=1S/C52H33NS2/c1-3-14-34(15-4-1)38-30-32-45(42-19-8-7-18-41(38)42)53(37-28-26-36(27-29-37)39-22-13-25-49-50(39)43-20-9-11-23-47(43)54-49)46-33-31-40(35-16-5-2-6-17-35)51-44-21-10-12-24-48(44)55-52(46)51/h1-33H. The fourth-order valence-electron chi connectivity index (χ4n) is 8.41. The van der Waals surface area contributed by atoms with Crippen LogP contribution in [0.25, 0.3) is 84.5 Å². The van der Waals surface area contributed by atoms with Crippen LogP contribution in [0.4, 0.5) is 17.1 Å². The first-order valence-corrected chi connectivity index (χ1v) is 20.3.